The Labute approximate surface area is 101 Å². The molecule has 0 bridgehead atoms. The Morgan fingerprint density at radius 2 is 2.25 bits per heavy atom. The third-order valence-corrected chi connectivity index (χ3v) is 2.88. The van der Waals surface area contributed by atoms with Gasteiger partial charge in [-0.15, -0.1) is 0 Å². The Morgan fingerprint density at radius 1 is 1.50 bits per heavy atom. The molecule has 0 fully saturated rings. The van der Waals surface area contributed by atoms with Crippen LogP contribution < -0.4 is 0 Å². The molecule has 0 saturated heterocycles. The zero-order valence-corrected chi connectivity index (χ0v) is 10.1. The largest absolute Gasteiger partial charge is 0.382 e. The van der Waals surface area contributed by atoms with Gasteiger partial charge in [0, 0.05) is 17.1 Å². The number of hydrogen-bond donors (Lipinski definition) is 1. The summed E-state index contributed by atoms with van der Waals surface area (Å²) in [6.07, 6.45) is 2.07. The van der Waals surface area contributed by atoms with Gasteiger partial charge in [0.25, 0.3) is 0 Å². The van der Waals surface area contributed by atoms with Crippen LogP contribution in [0.3, 0.4) is 0 Å². The van der Waals surface area contributed by atoms with Gasteiger partial charge in [-0.1, -0.05) is 15.9 Å². The summed E-state index contributed by atoms with van der Waals surface area (Å²) < 4.78 is 15.9. The maximum Gasteiger partial charge on any atom is 0.129 e. The van der Waals surface area contributed by atoms with Gasteiger partial charge in [0.1, 0.15) is 11.9 Å². The molecule has 1 unspecified atom stereocenters. The number of imidazole rings is 1. The number of nitrogens with zero attached hydrogens (tertiary/aromatic N) is 2. The molecular formula is C11H10BrFN2O. The lowest BCUT2D eigenvalue weighted by atomic mass is 10.1. The summed E-state index contributed by atoms with van der Waals surface area (Å²) in [7, 11) is 1.75. The second kappa shape index (κ2) is 4.35. The maximum absolute atomic E-state index is 13.5. The number of aliphatic hydroxyl groups is 1. The third kappa shape index (κ3) is 2.01. The molecule has 0 amide bonds. The molecule has 1 atom stereocenters. The van der Waals surface area contributed by atoms with Crippen molar-refractivity contribution in [1.29, 1.82) is 0 Å². The molecule has 0 aliphatic rings. The molecule has 0 aliphatic heterocycles. The summed E-state index contributed by atoms with van der Waals surface area (Å²) >= 11 is 3.25. The molecule has 16 heavy (non-hydrogen) atoms. The maximum atomic E-state index is 13.5. The summed E-state index contributed by atoms with van der Waals surface area (Å²) in [6.45, 7) is 0. The van der Waals surface area contributed by atoms with E-state index in [4.69, 9.17) is 0 Å². The molecule has 0 radical (unpaired) electrons. The van der Waals surface area contributed by atoms with Crippen LogP contribution in [0, 0.1) is 5.82 Å². The van der Waals surface area contributed by atoms with Gasteiger partial charge < -0.3 is 9.67 Å². The molecule has 0 aliphatic carbocycles. The first-order chi connectivity index (χ1) is 7.59. The van der Waals surface area contributed by atoms with Crippen LogP contribution >= 0.6 is 15.9 Å². The highest BCUT2D eigenvalue weighted by Gasteiger charge is 2.17. The van der Waals surface area contributed by atoms with Gasteiger partial charge in [0.2, 0.25) is 0 Å². The van der Waals surface area contributed by atoms with Crippen LogP contribution in [-0.4, -0.2) is 14.7 Å². The lowest BCUT2D eigenvalue weighted by molar-refractivity contribution is 0.206. The first-order valence-corrected chi connectivity index (χ1v) is 5.48. The SMILES string of the molecule is Cn1cncc1C(O)c1cc(Br)ccc1F. The fourth-order valence-corrected chi connectivity index (χ4v) is 1.89. The van der Waals surface area contributed by atoms with Crippen molar-refractivity contribution in [2.24, 2.45) is 7.05 Å². The highest BCUT2D eigenvalue weighted by Crippen LogP contribution is 2.26. The molecule has 0 spiro atoms. The highest BCUT2D eigenvalue weighted by molar-refractivity contribution is 9.10. The summed E-state index contributed by atoms with van der Waals surface area (Å²) in [6, 6.07) is 4.47. The third-order valence-electron chi connectivity index (χ3n) is 2.39. The fourth-order valence-electron chi connectivity index (χ4n) is 1.51. The number of rotatable bonds is 2. The Bertz CT molecular complexity index is 512. The zero-order chi connectivity index (χ0) is 11.7. The van der Waals surface area contributed by atoms with Crippen molar-refractivity contribution >= 4 is 15.9 Å². The molecule has 2 aromatic rings. The van der Waals surface area contributed by atoms with E-state index in [1.54, 1.807) is 30.1 Å². The van der Waals surface area contributed by atoms with E-state index in [2.05, 4.69) is 20.9 Å². The van der Waals surface area contributed by atoms with Crippen LogP contribution in [-0.2, 0) is 7.05 Å². The van der Waals surface area contributed by atoms with Gasteiger partial charge in [0.15, 0.2) is 0 Å². The smallest absolute Gasteiger partial charge is 0.129 e. The quantitative estimate of drug-likeness (QED) is 0.920. The van der Waals surface area contributed by atoms with E-state index in [0.717, 1.165) is 4.47 Å². The number of aryl methyl sites for hydroxylation is 1. The van der Waals surface area contributed by atoms with Crippen molar-refractivity contribution in [2.45, 2.75) is 6.10 Å². The van der Waals surface area contributed by atoms with Crippen LogP contribution in [0.5, 0.6) is 0 Å². The van der Waals surface area contributed by atoms with Gasteiger partial charge in [-0.25, -0.2) is 9.37 Å². The average Bonchev–Trinajstić information content (AvgIpc) is 2.67. The summed E-state index contributed by atoms with van der Waals surface area (Å²) in [5.41, 5.74) is 0.787. The van der Waals surface area contributed by atoms with Crippen molar-refractivity contribution < 1.29 is 9.50 Å². The zero-order valence-electron chi connectivity index (χ0n) is 8.56. The standard InChI is InChI=1S/C11H10BrFN2O/c1-15-6-14-5-10(15)11(16)8-4-7(12)2-3-9(8)13/h2-6,11,16H,1H3. The van der Waals surface area contributed by atoms with Gasteiger partial charge in [0.05, 0.1) is 18.2 Å². The van der Waals surface area contributed by atoms with Crippen molar-refractivity contribution in [3.63, 3.8) is 0 Å². The van der Waals surface area contributed by atoms with E-state index in [1.807, 2.05) is 0 Å². The van der Waals surface area contributed by atoms with E-state index in [1.165, 1.54) is 12.3 Å². The predicted molar refractivity (Wildman–Crippen MR) is 61.4 cm³/mol. The van der Waals surface area contributed by atoms with Gasteiger partial charge >= 0.3 is 0 Å². The summed E-state index contributed by atoms with van der Waals surface area (Å²) in [5, 5.41) is 10.0. The van der Waals surface area contributed by atoms with Crippen LogP contribution in [0.4, 0.5) is 4.39 Å². The van der Waals surface area contributed by atoms with E-state index >= 15 is 0 Å². The van der Waals surface area contributed by atoms with Crippen molar-refractivity contribution in [1.82, 2.24) is 9.55 Å². The minimum Gasteiger partial charge on any atom is -0.382 e. The Morgan fingerprint density at radius 3 is 2.88 bits per heavy atom. The second-order valence-corrected chi connectivity index (χ2v) is 4.41. The topological polar surface area (TPSA) is 38.0 Å². The number of aromatic nitrogens is 2. The predicted octanol–water partition coefficient (Wildman–Crippen LogP) is 2.40. The first kappa shape index (κ1) is 11.3. The molecule has 1 heterocycles. The van der Waals surface area contributed by atoms with Crippen LogP contribution in [0.15, 0.2) is 35.2 Å². The molecule has 84 valence electrons. The number of halogens is 2. The van der Waals surface area contributed by atoms with Crippen molar-refractivity contribution in [3.8, 4) is 0 Å². The van der Waals surface area contributed by atoms with Crippen LogP contribution in [0.2, 0.25) is 0 Å². The van der Waals surface area contributed by atoms with Crippen molar-refractivity contribution in [2.75, 3.05) is 0 Å². The van der Waals surface area contributed by atoms with E-state index in [9.17, 15) is 9.50 Å². The molecule has 0 saturated carbocycles. The summed E-state index contributed by atoms with van der Waals surface area (Å²) in [4.78, 5) is 3.89. The van der Waals surface area contributed by atoms with E-state index in [-0.39, 0.29) is 5.56 Å². The Balaban J connectivity index is 2.45. The number of hydrogen-bond acceptors (Lipinski definition) is 2. The highest BCUT2D eigenvalue weighted by atomic mass is 79.9. The average molecular weight is 285 g/mol. The summed E-state index contributed by atoms with van der Waals surface area (Å²) in [5.74, 6) is -0.433. The molecule has 5 heteroatoms. The van der Waals surface area contributed by atoms with Crippen LogP contribution in [0.1, 0.15) is 17.4 Å². The monoisotopic (exact) mass is 284 g/mol. The van der Waals surface area contributed by atoms with Gasteiger partial charge in [-0.2, -0.15) is 0 Å². The second-order valence-electron chi connectivity index (χ2n) is 3.50. The minimum atomic E-state index is -1.01. The normalized spacial score (nSPS) is 12.8. The fraction of sp³-hybridized carbons (Fsp3) is 0.182. The van der Waals surface area contributed by atoms with Crippen LogP contribution in [0.25, 0.3) is 0 Å². The molecule has 1 aromatic heterocycles. The lowest BCUT2D eigenvalue weighted by Gasteiger charge is -2.12. The van der Waals surface area contributed by atoms with E-state index in [0.29, 0.717) is 5.69 Å². The van der Waals surface area contributed by atoms with Crippen molar-refractivity contribution in [3.05, 3.63) is 52.3 Å². The molecule has 2 rings (SSSR count). The molecular weight excluding hydrogens is 275 g/mol. The minimum absolute atomic E-state index is 0.234. The molecule has 1 N–H and O–H groups in total. The first-order valence-electron chi connectivity index (χ1n) is 4.69. The van der Waals surface area contributed by atoms with E-state index < -0.39 is 11.9 Å². The Kier molecular flexibility index (Phi) is 3.07. The number of aliphatic hydroxyl groups excluding tert-OH is 1. The Hall–Kier alpha value is -1.20. The lowest BCUT2D eigenvalue weighted by Crippen LogP contribution is -2.07. The van der Waals surface area contributed by atoms with Gasteiger partial charge in [-0.05, 0) is 18.2 Å². The molecule has 3 nitrogen and oxygen atoms in total. The molecule has 1 aromatic carbocycles. The number of benzene rings is 1. The van der Waals surface area contributed by atoms with Gasteiger partial charge in [-0.3, -0.25) is 0 Å².